The third-order valence-electron chi connectivity index (χ3n) is 3.77. The smallest absolute Gasteiger partial charge is 0.0985 e. The number of thioether (sulfide) groups is 1. The first-order chi connectivity index (χ1) is 10.3. The van der Waals surface area contributed by atoms with Crippen molar-refractivity contribution in [1.82, 2.24) is 0 Å². The Morgan fingerprint density at radius 2 is 1.48 bits per heavy atom. The fourth-order valence-corrected chi connectivity index (χ4v) is 3.70. The molecule has 4 heteroatoms. The molecule has 0 aliphatic carbocycles. The number of hydrogen-bond donors (Lipinski definition) is 0. The predicted octanol–water partition coefficient (Wildman–Crippen LogP) is 4.29. The fraction of sp³-hybridized carbons (Fsp3) is 1.00. The second-order valence-electron chi connectivity index (χ2n) is 5.75. The lowest BCUT2D eigenvalue weighted by Gasteiger charge is -2.24. The minimum atomic E-state index is 0.208. The van der Waals surface area contributed by atoms with Crippen LogP contribution in [-0.2, 0) is 14.2 Å². The monoisotopic (exact) mass is 318 g/mol. The lowest BCUT2D eigenvalue weighted by molar-refractivity contribution is -0.0656. The number of unbranched alkanes of at least 4 members (excludes halogenated alkanes) is 3. The third-order valence-corrected chi connectivity index (χ3v) is 5.12. The average Bonchev–Trinajstić information content (AvgIpc) is 2.87. The molecule has 0 saturated carbocycles. The van der Waals surface area contributed by atoms with E-state index in [0.717, 1.165) is 51.4 Å². The summed E-state index contributed by atoms with van der Waals surface area (Å²) >= 11 is 1.96. The lowest BCUT2D eigenvalue weighted by Crippen LogP contribution is -2.37. The van der Waals surface area contributed by atoms with Gasteiger partial charge in [-0.25, -0.2) is 0 Å². The van der Waals surface area contributed by atoms with Crippen molar-refractivity contribution in [3.63, 3.8) is 0 Å². The van der Waals surface area contributed by atoms with Gasteiger partial charge < -0.3 is 14.2 Å². The quantitative estimate of drug-likeness (QED) is 0.474. The maximum atomic E-state index is 6.13. The summed E-state index contributed by atoms with van der Waals surface area (Å²) in [7, 11) is 0. The third kappa shape index (κ3) is 7.87. The topological polar surface area (TPSA) is 27.7 Å². The first kappa shape index (κ1) is 19.3. The zero-order chi connectivity index (χ0) is 15.3. The highest BCUT2D eigenvalue weighted by Gasteiger charge is 2.38. The molecule has 0 aromatic heterocycles. The van der Waals surface area contributed by atoms with E-state index in [4.69, 9.17) is 14.2 Å². The van der Waals surface area contributed by atoms with E-state index in [2.05, 4.69) is 20.8 Å². The van der Waals surface area contributed by atoms with Crippen LogP contribution in [0.5, 0.6) is 0 Å². The lowest BCUT2D eigenvalue weighted by atomic mass is 10.1. The van der Waals surface area contributed by atoms with Crippen LogP contribution < -0.4 is 0 Å². The molecule has 0 aromatic rings. The number of hydrogen-bond acceptors (Lipinski definition) is 4. The molecule has 3 atom stereocenters. The summed E-state index contributed by atoms with van der Waals surface area (Å²) in [5.74, 6) is 1.04. The molecule has 126 valence electrons. The van der Waals surface area contributed by atoms with Crippen molar-refractivity contribution in [3.05, 3.63) is 0 Å². The summed E-state index contributed by atoms with van der Waals surface area (Å²) in [6, 6.07) is 0. The highest BCUT2D eigenvalue weighted by atomic mass is 32.2. The minimum absolute atomic E-state index is 0.208. The van der Waals surface area contributed by atoms with E-state index >= 15 is 0 Å². The molecule has 0 unspecified atom stereocenters. The Hall–Kier alpha value is 0.230. The molecule has 1 saturated heterocycles. The summed E-state index contributed by atoms with van der Waals surface area (Å²) in [5.41, 5.74) is 0. The molecule has 3 nitrogen and oxygen atoms in total. The Morgan fingerprint density at radius 3 is 2.14 bits per heavy atom. The van der Waals surface area contributed by atoms with Gasteiger partial charge in [0.25, 0.3) is 0 Å². The summed E-state index contributed by atoms with van der Waals surface area (Å²) in [4.78, 5) is 0. The van der Waals surface area contributed by atoms with Crippen LogP contribution in [-0.4, -0.2) is 49.6 Å². The van der Waals surface area contributed by atoms with Gasteiger partial charge in [0, 0.05) is 25.6 Å². The van der Waals surface area contributed by atoms with Crippen LogP contribution in [0.15, 0.2) is 0 Å². The molecule has 1 heterocycles. The number of ether oxygens (including phenoxy) is 3. The van der Waals surface area contributed by atoms with Crippen LogP contribution in [0.25, 0.3) is 0 Å². The zero-order valence-electron chi connectivity index (χ0n) is 14.1. The van der Waals surface area contributed by atoms with Gasteiger partial charge in [0.1, 0.15) is 0 Å². The summed E-state index contributed by atoms with van der Waals surface area (Å²) < 4.78 is 18.0. The van der Waals surface area contributed by atoms with Crippen molar-refractivity contribution in [2.24, 2.45) is 0 Å². The van der Waals surface area contributed by atoms with E-state index < -0.39 is 0 Å². The molecule has 0 amide bonds. The molecular formula is C17H34O3S. The fourth-order valence-electron chi connectivity index (χ4n) is 2.34. The summed E-state index contributed by atoms with van der Waals surface area (Å²) in [6.45, 7) is 9.98. The van der Waals surface area contributed by atoms with E-state index in [1.54, 1.807) is 0 Å². The highest BCUT2D eigenvalue weighted by Crippen LogP contribution is 2.32. The summed E-state index contributed by atoms with van der Waals surface area (Å²) in [6.07, 6.45) is 7.43. The number of rotatable bonds is 13. The maximum Gasteiger partial charge on any atom is 0.0985 e. The van der Waals surface area contributed by atoms with Crippen molar-refractivity contribution in [3.8, 4) is 0 Å². The van der Waals surface area contributed by atoms with Crippen LogP contribution in [0.1, 0.15) is 59.3 Å². The largest absolute Gasteiger partial charge is 0.380 e. The Kier molecular flexibility index (Phi) is 11.7. The first-order valence-corrected chi connectivity index (χ1v) is 9.80. The van der Waals surface area contributed by atoms with Gasteiger partial charge in [0.15, 0.2) is 0 Å². The van der Waals surface area contributed by atoms with Crippen molar-refractivity contribution in [2.45, 2.75) is 76.8 Å². The molecule has 1 fully saturated rings. The average molecular weight is 319 g/mol. The van der Waals surface area contributed by atoms with Crippen LogP contribution in [0, 0.1) is 0 Å². The van der Waals surface area contributed by atoms with Gasteiger partial charge in [-0.15, -0.1) is 0 Å². The van der Waals surface area contributed by atoms with E-state index in [-0.39, 0.29) is 12.2 Å². The van der Waals surface area contributed by atoms with Crippen LogP contribution in [0.2, 0.25) is 0 Å². The molecule has 0 spiro atoms. The molecule has 1 aliphatic heterocycles. The maximum absolute atomic E-state index is 6.13. The second kappa shape index (κ2) is 12.7. The molecule has 21 heavy (non-hydrogen) atoms. The molecule has 0 radical (unpaired) electrons. The Bertz CT molecular complexity index is 238. The van der Waals surface area contributed by atoms with Crippen molar-refractivity contribution in [2.75, 3.05) is 32.2 Å². The Labute approximate surface area is 135 Å². The van der Waals surface area contributed by atoms with Gasteiger partial charge >= 0.3 is 0 Å². The highest BCUT2D eigenvalue weighted by molar-refractivity contribution is 8.00. The van der Waals surface area contributed by atoms with Gasteiger partial charge in [-0.3, -0.25) is 0 Å². The van der Waals surface area contributed by atoms with Crippen molar-refractivity contribution >= 4 is 11.8 Å². The molecule has 0 aromatic carbocycles. The molecular weight excluding hydrogens is 284 g/mol. The minimum Gasteiger partial charge on any atom is -0.380 e. The Morgan fingerprint density at radius 1 is 0.857 bits per heavy atom. The predicted molar refractivity (Wildman–Crippen MR) is 91.3 cm³/mol. The standard InChI is InChI=1S/C17H34O3S/c1-4-7-10-18-13-16-17(20-12-9-6-3)15(14-21-16)19-11-8-5-2/h15-17H,4-14H2,1-3H3/t15-,16+,17-/m0/s1. The normalized spacial score (nSPS) is 25.6. The molecule has 0 bridgehead atoms. The van der Waals surface area contributed by atoms with Crippen LogP contribution >= 0.6 is 11.8 Å². The van der Waals surface area contributed by atoms with Gasteiger partial charge in [-0.2, -0.15) is 11.8 Å². The van der Waals surface area contributed by atoms with E-state index in [9.17, 15) is 0 Å². The molecule has 1 aliphatic rings. The molecule has 1 rings (SSSR count). The van der Waals surface area contributed by atoms with Gasteiger partial charge in [-0.05, 0) is 19.3 Å². The van der Waals surface area contributed by atoms with Gasteiger partial charge in [-0.1, -0.05) is 40.0 Å². The van der Waals surface area contributed by atoms with Crippen LogP contribution in [0.4, 0.5) is 0 Å². The van der Waals surface area contributed by atoms with E-state index in [1.165, 1.54) is 19.3 Å². The van der Waals surface area contributed by atoms with E-state index in [0.29, 0.717) is 5.25 Å². The Balaban J connectivity index is 2.36. The first-order valence-electron chi connectivity index (χ1n) is 8.75. The van der Waals surface area contributed by atoms with Gasteiger partial charge in [0.2, 0.25) is 0 Å². The van der Waals surface area contributed by atoms with Crippen molar-refractivity contribution < 1.29 is 14.2 Å². The van der Waals surface area contributed by atoms with Crippen LogP contribution in [0.3, 0.4) is 0 Å². The molecule has 0 N–H and O–H groups in total. The SMILES string of the molecule is CCCCOC[C@H]1SC[C@H](OCCCC)[C@@H]1OCCCC. The second-order valence-corrected chi connectivity index (χ2v) is 7.02. The zero-order valence-corrected chi connectivity index (χ0v) is 15.0. The van der Waals surface area contributed by atoms with E-state index in [1.807, 2.05) is 11.8 Å². The van der Waals surface area contributed by atoms with Gasteiger partial charge in [0.05, 0.1) is 24.1 Å². The van der Waals surface area contributed by atoms with Crippen molar-refractivity contribution in [1.29, 1.82) is 0 Å². The summed E-state index contributed by atoms with van der Waals surface area (Å²) in [5, 5.41) is 0.435.